The van der Waals surface area contributed by atoms with Crippen LogP contribution < -0.4 is 10.6 Å². The van der Waals surface area contributed by atoms with E-state index in [2.05, 4.69) is 10.6 Å². The minimum absolute atomic E-state index is 0.0920. The molecule has 0 saturated carbocycles. The molecule has 10 heteroatoms. The van der Waals surface area contributed by atoms with Gasteiger partial charge in [-0.3, -0.25) is 9.59 Å². The van der Waals surface area contributed by atoms with Gasteiger partial charge in [0.1, 0.15) is 16.8 Å². The normalized spacial score (nSPS) is 17.6. The fraction of sp³-hybridized carbons (Fsp3) is 0.368. The van der Waals surface area contributed by atoms with Gasteiger partial charge in [-0.15, -0.1) is 0 Å². The van der Waals surface area contributed by atoms with Crippen molar-refractivity contribution in [2.24, 2.45) is 0 Å². The van der Waals surface area contributed by atoms with Gasteiger partial charge in [-0.25, -0.2) is 12.8 Å². The summed E-state index contributed by atoms with van der Waals surface area (Å²) in [6.45, 7) is 0.444. The molecule has 1 aliphatic rings. The summed E-state index contributed by atoms with van der Waals surface area (Å²) >= 11 is 0. The lowest BCUT2D eigenvalue weighted by atomic mass is 10.2. The van der Waals surface area contributed by atoms with Crippen molar-refractivity contribution < 1.29 is 31.6 Å². The average Bonchev–Trinajstić information content (AvgIpc) is 3.40. The van der Waals surface area contributed by atoms with E-state index < -0.39 is 32.7 Å². The lowest BCUT2D eigenvalue weighted by Gasteiger charge is -2.17. The lowest BCUT2D eigenvalue weighted by Crippen LogP contribution is -2.44. The van der Waals surface area contributed by atoms with Gasteiger partial charge in [0, 0.05) is 19.7 Å². The molecule has 3 rings (SSSR count). The maximum Gasteiger partial charge on any atom is 0.309 e. The molecule has 2 aromatic rings. The number of furan rings is 1. The number of carbonyl (C=O) groups excluding carboxylic acids is 2. The summed E-state index contributed by atoms with van der Waals surface area (Å²) in [6.07, 6.45) is 2.89. The molecule has 2 heterocycles. The van der Waals surface area contributed by atoms with Crippen molar-refractivity contribution in [3.05, 3.63) is 54.2 Å². The second-order valence-electron chi connectivity index (χ2n) is 6.56. The quantitative estimate of drug-likeness (QED) is 0.512. The van der Waals surface area contributed by atoms with E-state index in [0.29, 0.717) is 6.61 Å². The lowest BCUT2D eigenvalue weighted by molar-refractivity contribution is -0.139. The van der Waals surface area contributed by atoms with Gasteiger partial charge < -0.3 is 19.8 Å². The minimum Gasteiger partial charge on any atom is -0.468 e. The number of carbonyl (C=O) groups is 2. The highest BCUT2D eigenvalue weighted by molar-refractivity contribution is 7.91. The number of hydrogen-bond acceptors (Lipinski definition) is 6. The number of hydrogen-bond donors (Lipinski definition) is 2. The zero-order chi connectivity index (χ0) is 20.9. The Kier molecular flexibility index (Phi) is 6.65. The summed E-state index contributed by atoms with van der Waals surface area (Å²) in [5.74, 6) is -2.32. The van der Waals surface area contributed by atoms with Crippen LogP contribution in [0.4, 0.5) is 4.39 Å². The maximum absolute atomic E-state index is 13.2. The first-order valence-corrected chi connectivity index (χ1v) is 10.6. The Morgan fingerprint density at radius 2 is 1.86 bits per heavy atom. The predicted molar refractivity (Wildman–Crippen MR) is 100 cm³/mol. The number of sulfone groups is 1. The van der Waals surface area contributed by atoms with Gasteiger partial charge in [0.25, 0.3) is 0 Å². The first kappa shape index (κ1) is 21.0. The van der Waals surface area contributed by atoms with Crippen molar-refractivity contribution >= 4 is 21.7 Å². The van der Waals surface area contributed by atoms with Crippen molar-refractivity contribution in [2.45, 2.75) is 29.1 Å². The largest absolute Gasteiger partial charge is 0.468 e. The summed E-state index contributed by atoms with van der Waals surface area (Å²) in [5, 5.41) is 3.52. The minimum atomic E-state index is -4.01. The van der Waals surface area contributed by atoms with E-state index in [1.54, 1.807) is 0 Å². The average molecular weight is 424 g/mol. The molecule has 156 valence electrons. The number of rotatable bonds is 7. The van der Waals surface area contributed by atoms with Crippen molar-refractivity contribution in [1.29, 1.82) is 0 Å². The summed E-state index contributed by atoms with van der Waals surface area (Å²) in [4.78, 5) is 23.9. The molecule has 2 amide bonds. The second kappa shape index (κ2) is 9.19. The first-order chi connectivity index (χ1) is 13.9. The van der Waals surface area contributed by atoms with Crippen LogP contribution in [0, 0.1) is 5.82 Å². The van der Waals surface area contributed by atoms with Crippen molar-refractivity contribution in [3.63, 3.8) is 0 Å². The van der Waals surface area contributed by atoms with E-state index in [1.165, 1.54) is 18.4 Å². The van der Waals surface area contributed by atoms with Gasteiger partial charge in [0.05, 0.1) is 17.3 Å². The molecule has 0 bridgehead atoms. The molecule has 2 atom stereocenters. The molecular weight excluding hydrogens is 403 g/mol. The number of nitrogens with one attached hydrogen (secondary N) is 2. The Morgan fingerprint density at radius 1 is 1.14 bits per heavy atom. The Labute approximate surface area is 167 Å². The van der Waals surface area contributed by atoms with Gasteiger partial charge >= 0.3 is 11.8 Å². The smallest absolute Gasteiger partial charge is 0.309 e. The summed E-state index contributed by atoms with van der Waals surface area (Å²) in [7, 11) is -4.01. The molecule has 29 heavy (non-hydrogen) atoms. The van der Waals surface area contributed by atoms with Crippen LogP contribution in [0.2, 0.25) is 0 Å². The van der Waals surface area contributed by atoms with Crippen LogP contribution in [0.5, 0.6) is 0 Å². The molecule has 0 aliphatic carbocycles. The standard InChI is InChI=1S/C19H21FN2O6S/c20-13-5-7-15(8-6-13)29(25,26)17(16-4-2-10-28-16)12-22-19(24)18(23)21-11-14-3-1-9-27-14/h2,4-8,10,14,17H,1,3,9,11-12H2,(H,21,23)(H,22,24)/t14-,17+/m1/s1. The van der Waals surface area contributed by atoms with E-state index in [1.807, 2.05) is 0 Å². The summed E-state index contributed by atoms with van der Waals surface area (Å²) < 4.78 is 49.7. The van der Waals surface area contributed by atoms with Crippen LogP contribution in [-0.4, -0.2) is 46.0 Å². The van der Waals surface area contributed by atoms with Crippen LogP contribution in [0.15, 0.2) is 52.0 Å². The number of amides is 2. The summed E-state index contributed by atoms with van der Waals surface area (Å²) in [6, 6.07) is 7.30. The fourth-order valence-corrected chi connectivity index (χ4v) is 4.57. The van der Waals surface area contributed by atoms with Gasteiger partial charge in [-0.2, -0.15) is 0 Å². The molecular formula is C19H21FN2O6S. The first-order valence-electron chi connectivity index (χ1n) is 9.08. The van der Waals surface area contributed by atoms with E-state index in [0.717, 1.165) is 37.1 Å². The van der Waals surface area contributed by atoms with Crippen LogP contribution in [0.3, 0.4) is 0 Å². The Balaban J connectivity index is 1.67. The molecule has 0 unspecified atom stereocenters. The highest BCUT2D eigenvalue weighted by Crippen LogP contribution is 2.29. The van der Waals surface area contributed by atoms with Crippen molar-refractivity contribution in [2.75, 3.05) is 19.7 Å². The molecule has 1 aromatic heterocycles. The molecule has 0 spiro atoms. The molecule has 1 fully saturated rings. The van der Waals surface area contributed by atoms with Crippen LogP contribution in [0.25, 0.3) is 0 Å². The van der Waals surface area contributed by atoms with Crippen molar-refractivity contribution in [3.8, 4) is 0 Å². The molecule has 1 saturated heterocycles. The fourth-order valence-electron chi connectivity index (χ4n) is 2.98. The number of halogens is 1. The SMILES string of the molecule is O=C(NC[C@H]1CCCO1)C(=O)NC[C@@H](c1ccco1)S(=O)(=O)c1ccc(F)cc1. The Bertz CT molecular complexity index is 938. The molecule has 8 nitrogen and oxygen atoms in total. The van der Waals surface area contributed by atoms with E-state index in [4.69, 9.17) is 9.15 Å². The van der Waals surface area contributed by atoms with Crippen LogP contribution in [0.1, 0.15) is 23.9 Å². The zero-order valence-corrected chi connectivity index (χ0v) is 16.3. The van der Waals surface area contributed by atoms with Gasteiger partial charge in [0.15, 0.2) is 9.84 Å². The molecule has 0 radical (unpaired) electrons. The highest BCUT2D eigenvalue weighted by atomic mass is 32.2. The number of benzene rings is 1. The van der Waals surface area contributed by atoms with Crippen molar-refractivity contribution in [1.82, 2.24) is 10.6 Å². The molecule has 2 N–H and O–H groups in total. The topological polar surface area (TPSA) is 115 Å². The van der Waals surface area contributed by atoms with Gasteiger partial charge in [0.2, 0.25) is 0 Å². The van der Waals surface area contributed by atoms with Crippen LogP contribution in [-0.2, 0) is 24.2 Å². The van der Waals surface area contributed by atoms with E-state index in [-0.39, 0.29) is 29.8 Å². The molecule has 1 aromatic carbocycles. The van der Waals surface area contributed by atoms with E-state index >= 15 is 0 Å². The maximum atomic E-state index is 13.2. The Hall–Kier alpha value is -2.72. The Morgan fingerprint density at radius 3 is 2.48 bits per heavy atom. The van der Waals surface area contributed by atoms with Gasteiger partial charge in [-0.1, -0.05) is 0 Å². The number of ether oxygens (including phenoxy) is 1. The monoisotopic (exact) mass is 424 g/mol. The van der Waals surface area contributed by atoms with Crippen LogP contribution >= 0.6 is 0 Å². The van der Waals surface area contributed by atoms with Gasteiger partial charge in [-0.05, 0) is 49.2 Å². The third kappa shape index (κ3) is 5.21. The third-order valence-electron chi connectivity index (χ3n) is 4.55. The molecule has 1 aliphatic heterocycles. The third-order valence-corrected chi connectivity index (χ3v) is 6.62. The summed E-state index contributed by atoms with van der Waals surface area (Å²) in [5.41, 5.74) is 0. The predicted octanol–water partition coefficient (Wildman–Crippen LogP) is 1.35. The second-order valence-corrected chi connectivity index (χ2v) is 8.69. The van der Waals surface area contributed by atoms with E-state index in [9.17, 15) is 22.4 Å². The highest BCUT2D eigenvalue weighted by Gasteiger charge is 2.32. The zero-order valence-electron chi connectivity index (χ0n) is 15.5.